The maximum Gasteiger partial charge on any atom is 0.141 e. The smallest absolute Gasteiger partial charge is 0.141 e. The average molecular weight is 252 g/mol. The Balaban J connectivity index is 2.43. The largest absolute Gasteiger partial charge is 0.384 e. The van der Waals surface area contributed by atoms with E-state index >= 15 is 0 Å². The molecule has 1 heterocycles. The number of aliphatic hydroxyl groups excluding tert-OH is 1. The van der Waals surface area contributed by atoms with E-state index in [0.29, 0.717) is 16.1 Å². The number of halogens is 2. The second-order valence-corrected chi connectivity index (χ2v) is 4.28. The molecule has 0 saturated carbocycles. The van der Waals surface area contributed by atoms with E-state index in [4.69, 9.17) is 11.6 Å². The molecular weight excluding hydrogens is 241 g/mol. The zero-order valence-electron chi connectivity index (χ0n) is 9.19. The molecule has 2 nitrogen and oxygen atoms in total. The van der Waals surface area contributed by atoms with Crippen LogP contribution < -0.4 is 0 Å². The highest BCUT2D eigenvalue weighted by Gasteiger charge is 2.14. The van der Waals surface area contributed by atoms with Crippen molar-refractivity contribution in [3.8, 4) is 0 Å². The van der Waals surface area contributed by atoms with Gasteiger partial charge in [-0.25, -0.2) is 4.39 Å². The lowest BCUT2D eigenvalue weighted by atomic mass is 9.99. The molecule has 1 N–H and O–H groups in total. The summed E-state index contributed by atoms with van der Waals surface area (Å²) in [5.41, 5.74) is 1.96. The Hall–Kier alpha value is -1.45. The third-order valence-corrected chi connectivity index (χ3v) is 2.81. The van der Waals surface area contributed by atoms with Crippen molar-refractivity contribution in [2.45, 2.75) is 13.0 Å². The van der Waals surface area contributed by atoms with Gasteiger partial charge in [-0.15, -0.1) is 0 Å². The van der Waals surface area contributed by atoms with Crippen LogP contribution in [0.15, 0.2) is 36.7 Å². The van der Waals surface area contributed by atoms with Crippen LogP contribution in [0.5, 0.6) is 0 Å². The Bertz CT molecular complexity index is 545. The molecule has 0 aliphatic rings. The molecule has 2 rings (SSSR count). The maximum atomic E-state index is 13.0. The molecule has 88 valence electrons. The van der Waals surface area contributed by atoms with Crippen molar-refractivity contribution < 1.29 is 9.50 Å². The molecule has 0 spiro atoms. The van der Waals surface area contributed by atoms with E-state index in [0.717, 1.165) is 11.8 Å². The van der Waals surface area contributed by atoms with Crippen LogP contribution in [0.1, 0.15) is 22.8 Å². The van der Waals surface area contributed by atoms with Crippen molar-refractivity contribution in [2.75, 3.05) is 0 Å². The molecule has 4 heteroatoms. The van der Waals surface area contributed by atoms with Crippen molar-refractivity contribution in [3.63, 3.8) is 0 Å². The lowest BCUT2D eigenvalue weighted by Gasteiger charge is -2.14. The summed E-state index contributed by atoms with van der Waals surface area (Å²) >= 11 is 5.88. The van der Waals surface area contributed by atoms with Crippen LogP contribution in [-0.2, 0) is 0 Å². The van der Waals surface area contributed by atoms with Crippen LogP contribution in [0.4, 0.5) is 4.39 Å². The molecule has 1 atom stereocenters. The summed E-state index contributed by atoms with van der Waals surface area (Å²) in [7, 11) is 0. The Morgan fingerprint density at radius 2 is 2.06 bits per heavy atom. The van der Waals surface area contributed by atoms with Gasteiger partial charge in [0.2, 0.25) is 0 Å². The lowest BCUT2D eigenvalue weighted by molar-refractivity contribution is 0.218. The van der Waals surface area contributed by atoms with Gasteiger partial charge in [0.25, 0.3) is 0 Å². The summed E-state index contributed by atoms with van der Waals surface area (Å²) in [4.78, 5) is 3.71. The summed E-state index contributed by atoms with van der Waals surface area (Å²) in [6.07, 6.45) is 1.62. The van der Waals surface area contributed by atoms with E-state index in [2.05, 4.69) is 4.98 Å². The summed E-state index contributed by atoms with van der Waals surface area (Å²) in [5, 5.41) is 10.7. The summed E-state index contributed by atoms with van der Waals surface area (Å²) in [5.74, 6) is -0.471. The van der Waals surface area contributed by atoms with Crippen LogP contribution in [0.25, 0.3) is 0 Å². The minimum Gasteiger partial charge on any atom is -0.384 e. The fourth-order valence-corrected chi connectivity index (χ4v) is 1.84. The van der Waals surface area contributed by atoms with Crippen LogP contribution >= 0.6 is 11.6 Å². The van der Waals surface area contributed by atoms with Crippen molar-refractivity contribution in [2.24, 2.45) is 0 Å². The van der Waals surface area contributed by atoms with Gasteiger partial charge in [0.15, 0.2) is 0 Å². The first kappa shape index (κ1) is 12.0. The number of aromatic nitrogens is 1. The minimum absolute atomic E-state index is 0.412. The quantitative estimate of drug-likeness (QED) is 0.889. The summed E-state index contributed by atoms with van der Waals surface area (Å²) < 4.78 is 13.0. The molecule has 2 aromatic rings. The Morgan fingerprint density at radius 3 is 2.76 bits per heavy atom. The van der Waals surface area contributed by atoms with Gasteiger partial charge in [0.1, 0.15) is 11.9 Å². The fourth-order valence-electron chi connectivity index (χ4n) is 1.66. The molecule has 0 fully saturated rings. The first-order chi connectivity index (χ1) is 8.08. The molecule has 0 radical (unpaired) electrons. The number of benzene rings is 1. The molecule has 0 amide bonds. The van der Waals surface area contributed by atoms with Crippen LogP contribution in [0.3, 0.4) is 0 Å². The molecule has 0 aliphatic carbocycles. The van der Waals surface area contributed by atoms with Gasteiger partial charge in [0, 0.05) is 16.8 Å². The molecular formula is C13H11ClFNO. The molecule has 0 bridgehead atoms. The van der Waals surface area contributed by atoms with Crippen LogP contribution in [0, 0.1) is 12.7 Å². The second kappa shape index (κ2) is 4.82. The number of hydrogen-bond donors (Lipinski definition) is 1. The number of rotatable bonds is 2. The highest BCUT2D eigenvalue weighted by Crippen LogP contribution is 2.27. The molecule has 17 heavy (non-hydrogen) atoms. The number of hydrogen-bond acceptors (Lipinski definition) is 2. The van der Waals surface area contributed by atoms with Gasteiger partial charge in [-0.05, 0) is 36.2 Å². The van der Waals surface area contributed by atoms with Crippen molar-refractivity contribution in [1.29, 1.82) is 0 Å². The summed E-state index contributed by atoms with van der Waals surface area (Å²) in [6.45, 7) is 1.86. The zero-order chi connectivity index (χ0) is 12.4. The Kier molecular flexibility index (Phi) is 3.41. The van der Waals surface area contributed by atoms with E-state index in [-0.39, 0.29) is 0 Å². The van der Waals surface area contributed by atoms with Gasteiger partial charge in [-0.2, -0.15) is 0 Å². The Labute approximate surface area is 104 Å². The second-order valence-electron chi connectivity index (χ2n) is 3.84. The fraction of sp³-hybridized carbons (Fsp3) is 0.154. The van der Waals surface area contributed by atoms with Crippen LogP contribution in [-0.4, -0.2) is 10.1 Å². The molecule has 1 aromatic carbocycles. The molecule has 0 aliphatic heterocycles. The van der Waals surface area contributed by atoms with E-state index in [1.807, 2.05) is 13.0 Å². The first-order valence-corrected chi connectivity index (χ1v) is 5.50. The summed E-state index contributed by atoms with van der Waals surface area (Å²) in [6, 6.07) is 6.50. The van der Waals surface area contributed by atoms with Gasteiger partial charge < -0.3 is 5.11 Å². The molecule has 1 aromatic heterocycles. The van der Waals surface area contributed by atoms with Gasteiger partial charge in [-0.1, -0.05) is 17.7 Å². The number of aliphatic hydroxyl groups is 1. The van der Waals surface area contributed by atoms with E-state index in [1.165, 1.54) is 12.3 Å². The lowest BCUT2D eigenvalue weighted by Crippen LogP contribution is -2.03. The van der Waals surface area contributed by atoms with Crippen LogP contribution in [0.2, 0.25) is 5.02 Å². The number of pyridine rings is 1. The van der Waals surface area contributed by atoms with Gasteiger partial charge in [-0.3, -0.25) is 4.98 Å². The van der Waals surface area contributed by atoms with Crippen molar-refractivity contribution in [1.82, 2.24) is 4.98 Å². The maximum absolute atomic E-state index is 13.0. The minimum atomic E-state index is -0.920. The average Bonchev–Trinajstić information content (AvgIpc) is 2.31. The zero-order valence-corrected chi connectivity index (χ0v) is 9.95. The SMILES string of the molecule is Cc1ccc(Cl)cc1C(O)c1cncc(F)c1. The normalized spacial score (nSPS) is 12.5. The predicted molar refractivity (Wildman–Crippen MR) is 64.4 cm³/mol. The monoisotopic (exact) mass is 251 g/mol. The highest BCUT2D eigenvalue weighted by atomic mass is 35.5. The van der Waals surface area contributed by atoms with Crippen molar-refractivity contribution in [3.05, 3.63) is 64.2 Å². The topological polar surface area (TPSA) is 33.1 Å². The number of aryl methyl sites for hydroxylation is 1. The first-order valence-electron chi connectivity index (χ1n) is 5.12. The third kappa shape index (κ3) is 2.62. The third-order valence-electron chi connectivity index (χ3n) is 2.58. The number of nitrogens with zero attached hydrogens (tertiary/aromatic N) is 1. The van der Waals surface area contributed by atoms with E-state index in [1.54, 1.807) is 12.1 Å². The Morgan fingerprint density at radius 1 is 1.29 bits per heavy atom. The molecule has 1 unspecified atom stereocenters. The highest BCUT2D eigenvalue weighted by molar-refractivity contribution is 6.30. The predicted octanol–water partition coefficient (Wildman–Crippen LogP) is 3.26. The molecule has 0 saturated heterocycles. The van der Waals surface area contributed by atoms with Gasteiger partial charge >= 0.3 is 0 Å². The van der Waals surface area contributed by atoms with Gasteiger partial charge in [0.05, 0.1) is 6.20 Å². The van der Waals surface area contributed by atoms with Crippen molar-refractivity contribution >= 4 is 11.6 Å². The standard InChI is InChI=1S/C13H11ClFNO/c1-8-2-3-10(14)5-12(8)13(17)9-4-11(15)7-16-6-9/h2-7,13,17H,1H3. The van der Waals surface area contributed by atoms with E-state index < -0.39 is 11.9 Å². The van der Waals surface area contributed by atoms with E-state index in [9.17, 15) is 9.50 Å².